The summed E-state index contributed by atoms with van der Waals surface area (Å²) in [5.41, 5.74) is 5.07. The van der Waals surface area contributed by atoms with Gasteiger partial charge in [0.25, 0.3) is 5.91 Å². The fourth-order valence-electron chi connectivity index (χ4n) is 2.57. The maximum Gasteiger partial charge on any atom is 0.252 e. The highest BCUT2D eigenvalue weighted by Crippen LogP contribution is 2.24. The van der Waals surface area contributed by atoms with Crippen LogP contribution in [0.2, 0.25) is 0 Å². The van der Waals surface area contributed by atoms with Gasteiger partial charge in [-0.05, 0) is 28.8 Å². The Morgan fingerprint density at radius 1 is 0.840 bits per heavy atom. The number of benzene rings is 3. The minimum absolute atomic E-state index is 0.226. The van der Waals surface area contributed by atoms with Crippen LogP contribution in [0.4, 0.5) is 4.39 Å². The number of hydrogen-bond acceptors (Lipinski definition) is 2. The first-order valence-electron chi connectivity index (χ1n) is 7.92. The van der Waals surface area contributed by atoms with E-state index < -0.39 is 5.92 Å². The molecule has 3 aromatic carbocycles. The minimum Gasteiger partial charge on any atom is -0.272 e. The van der Waals surface area contributed by atoms with Gasteiger partial charge in [0.05, 0.1) is 12.1 Å². The van der Waals surface area contributed by atoms with Crippen LogP contribution in [0, 0.1) is 5.82 Å². The number of nitrogens with one attached hydrogen (secondary N) is 1. The van der Waals surface area contributed by atoms with Gasteiger partial charge in [-0.1, -0.05) is 72.8 Å². The van der Waals surface area contributed by atoms with E-state index in [0.717, 1.165) is 11.1 Å². The largest absolute Gasteiger partial charge is 0.272 e. The fraction of sp³-hybridized carbons (Fsp3) is 0.0476. The van der Waals surface area contributed by atoms with Gasteiger partial charge in [-0.15, -0.1) is 0 Å². The van der Waals surface area contributed by atoms with Crippen LogP contribution in [0.5, 0.6) is 0 Å². The average molecular weight is 332 g/mol. The number of carbonyl (C=O) groups excluding carboxylic acids is 1. The second-order valence-corrected chi connectivity index (χ2v) is 5.54. The van der Waals surface area contributed by atoms with E-state index in [0.29, 0.717) is 5.56 Å². The third-order valence-corrected chi connectivity index (χ3v) is 3.79. The summed E-state index contributed by atoms with van der Waals surface area (Å²) in [6.07, 6.45) is 1.49. The van der Waals surface area contributed by atoms with Gasteiger partial charge in [0, 0.05) is 0 Å². The second-order valence-electron chi connectivity index (χ2n) is 5.54. The molecule has 3 rings (SSSR count). The Labute approximate surface area is 145 Å². The van der Waals surface area contributed by atoms with Gasteiger partial charge in [0.1, 0.15) is 5.82 Å². The van der Waals surface area contributed by atoms with E-state index in [1.165, 1.54) is 18.3 Å². The van der Waals surface area contributed by atoms with Crippen LogP contribution in [0.1, 0.15) is 22.6 Å². The number of hydrazone groups is 1. The predicted octanol–water partition coefficient (Wildman–Crippen LogP) is 4.11. The normalized spacial score (nSPS) is 11.0. The number of rotatable bonds is 5. The standard InChI is InChI=1S/C21H17FN2O/c22-19-13-11-16(12-14-19)15-23-24-21(25)20(17-7-3-1-4-8-17)18-9-5-2-6-10-18/h1-15,20H,(H,24,25)/b23-15-. The Hall–Kier alpha value is -3.27. The number of nitrogens with zero attached hydrogens (tertiary/aromatic N) is 1. The highest BCUT2D eigenvalue weighted by molar-refractivity contribution is 5.88. The van der Waals surface area contributed by atoms with Crippen molar-refractivity contribution in [3.63, 3.8) is 0 Å². The molecule has 0 atom stereocenters. The highest BCUT2D eigenvalue weighted by Gasteiger charge is 2.22. The number of halogens is 1. The van der Waals surface area contributed by atoms with Gasteiger partial charge in [0.2, 0.25) is 0 Å². The average Bonchev–Trinajstić information content (AvgIpc) is 2.65. The predicted molar refractivity (Wildman–Crippen MR) is 96.9 cm³/mol. The zero-order valence-electron chi connectivity index (χ0n) is 13.5. The number of hydrogen-bond donors (Lipinski definition) is 1. The highest BCUT2D eigenvalue weighted by atomic mass is 19.1. The molecule has 4 heteroatoms. The molecule has 0 saturated carbocycles. The van der Waals surface area contributed by atoms with Gasteiger partial charge in [0.15, 0.2) is 0 Å². The maximum absolute atomic E-state index is 12.9. The lowest BCUT2D eigenvalue weighted by Crippen LogP contribution is -2.26. The van der Waals surface area contributed by atoms with Crippen LogP contribution in [0.25, 0.3) is 0 Å². The molecular weight excluding hydrogens is 315 g/mol. The molecule has 0 aromatic heterocycles. The Bertz CT molecular complexity index is 807. The van der Waals surface area contributed by atoms with E-state index in [-0.39, 0.29) is 11.7 Å². The summed E-state index contributed by atoms with van der Waals surface area (Å²) in [7, 11) is 0. The molecule has 0 aliphatic carbocycles. The molecule has 1 N–H and O–H groups in total. The van der Waals surface area contributed by atoms with E-state index in [9.17, 15) is 9.18 Å². The van der Waals surface area contributed by atoms with Crippen molar-refractivity contribution in [3.8, 4) is 0 Å². The van der Waals surface area contributed by atoms with Gasteiger partial charge in [-0.2, -0.15) is 5.10 Å². The number of carbonyl (C=O) groups is 1. The van der Waals surface area contributed by atoms with Crippen LogP contribution in [-0.4, -0.2) is 12.1 Å². The lowest BCUT2D eigenvalue weighted by Gasteiger charge is -2.16. The zero-order valence-corrected chi connectivity index (χ0v) is 13.5. The van der Waals surface area contributed by atoms with Gasteiger partial charge >= 0.3 is 0 Å². The van der Waals surface area contributed by atoms with Gasteiger partial charge in [-0.25, -0.2) is 9.82 Å². The lowest BCUT2D eigenvalue weighted by atomic mass is 9.91. The SMILES string of the molecule is O=C(N/N=C\c1ccc(F)cc1)C(c1ccccc1)c1ccccc1. The first-order valence-corrected chi connectivity index (χ1v) is 7.92. The molecule has 25 heavy (non-hydrogen) atoms. The van der Waals surface area contributed by atoms with E-state index in [2.05, 4.69) is 10.5 Å². The molecular formula is C21H17FN2O. The van der Waals surface area contributed by atoms with Gasteiger partial charge in [-0.3, -0.25) is 4.79 Å². The molecule has 0 fully saturated rings. The van der Waals surface area contributed by atoms with Crippen LogP contribution < -0.4 is 5.43 Å². The van der Waals surface area contributed by atoms with E-state index in [1.54, 1.807) is 12.1 Å². The van der Waals surface area contributed by atoms with Crippen molar-refractivity contribution in [2.24, 2.45) is 5.10 Å². The van der Waals surface area contributed by atoms with E-state index in [1.807, 2.05) is 60.7 Å². The van der Waals surface area contributed by atoms with Crippen LogP contribution in [0.15, 0.2) is 90.0 Å². The molecule has 0 bridgehead atoms. The molecule has 0 saturated heterocycles. The Balaban J connectivity index is 1.79. The first-order chi connectivity index (χ1) is 12.2. The molecule has 0 heterocycles. The topological polar surface area (TPSA) is 41.5 Å². The van der Waals surface area contributed by atoms with Crippen molar-refractivity contribution >= 4 is 12.1 Å². The summed E-state index contributed by atoms with van der Waals surface area (Å²) in [5.74, 6) is -0.988. The number of amides is 1. The quantitative estimate of drug-likeness (QED) is 0.554. The Morgan fingerprint density at radius 2 is 1.36 bits per heavy atom. The van der Waals surface area contributed by atoms with Crippen molar-refractivity contribution in [2.75, 3.05) is 0 Å². The van der Waals surface area contributed by atoms with E-state index >= 15 is 0 Å². The summed E-state index contributed by atoms with van der Waals surface area (Å²) >= 11 is 0. The lowest BCUT2D eigenvalue weighted by molar-refractivity contribution is -0.121. The summed E-state index contributed by atoms with van der Waals surface area (Å²) in [6.45, 7) is 0. The molecule has 1 amide bonds. The third kappa shape index (κ3) is 4.38. The summed E-state index contributed by atoms with van der Waals surface area (Å²) in [5, 5.41) is 4.00. The monoisotopic (exact) mass is 332 g/mol. The molecule has 124 valence electrons. The minimum atomic E-state index is -0.451. The maximum atomic E-state index is 12.9. The second kappa shape index (κ2) is 8.02. The van der Waals surface area contributed by atoms with Gasteiger partial charge < -0.3 is 0 Å². The van der Waals surface area contributed by atoms with Crippen molar-refractivity contribution in [1.82, 2.24) is 5.43 Å². The molecule has 3 nitrogen and oxygen atoms in total. The van der Waals surface area contributed by atoms with E-state index in [4.69, 9.17) is 0 Å². The molecule has 0 aliphatic rings. The third-order valence-electron chi connectivity index (χ3n) is 3.79. The summed E-state index contributed by atoms with van der Waals surface area (Å²) in [4.78, 5) is 12.7. The van der Waals surface area contributed by atoms with Crippen LogP contribution in [0.3, 0.4) is 0 Å². The Morgan fingerprint density at radius 3 is 1.88 bits per heavy atom. The smallest absolute Gasteiger partial charge is 0.252 e. The summed E-state index contributed by atoms with van der Waals surface area (Å²) in [6, 6.07) is 25.0. The zero-order chi connectivity index (χ0) is 17.5. The summed E-state index contributed by atoms with van der Waals surface area (Å²) < 4.78 is 12.9. The van der Waals surface area contributed by atoms with Crippen molar-refractivity contribution < 1.29 is 9.18 Å². The molecule has 0 radical (unpaired) electrons. The first kappa shape index (κ1) is 16.6. The van der Waals surface area contributed by atoms with Crippen LogP contribution >= 0.6 is 0 Å². The van der Waals surface area contributed by atoms with Crippen LogP contribution in [-0.2, 0) is 4.79 Å². The molecule has 0 unspecified atom stereocenters. The van der Waals surface area contributed by atoms with Crippen molar-refractivity contribution in [1.29, 1.82) is 0 Å². The molecule has 3 aromatic rings. The Kier molecular flexibility index (Phi) is 5.32. The molecule has 0 aliphatic heterocycles. The fourth-order valence-corrected chi connectivity index (χ4v) is 2.57. The van der Waals surface area contributed by atoms with Crippen molar-refractivity contribution in [2.45, 2.75) is 5.92 Å². The molecule has 0 spiro atoms. The van der Waals surface area contributed by atoms with Crippen molar-refractivity contribution in [3.05, 3.63) is 107 Å².